The van der Waals surface area contributed by atoms with Gasteiger partial charge in [0.05, 0.1) is 6.42 Å². The van der Waals surface area contributed by atoms with Crippen LogP contribution in [0.4, 0.5) is 0 Å². The Balaban J connectivity index is 3.75. The summed E-state index contributed by atoms with van der Waals surface area (Å²) in [6.07, 6.45) is 3.13. The molecule has 2 atom stereocenters. The second-order valence-corrected chi connectivity index (χ2v) is 3.78. The van der Waals surface area contributed by atoms with Crippen molar-refractivity contribution < 1.29 is 15.0 Å². The van der Waals surface area contributed by atoms with Crippen molar-refractivity contribution in [2.24, 2.45) is 11.8 Å². The van der Waals surface area contributed by atoms with Gasteiger partial charge in [0, 0.05) is 6.61 Å². The lowest BCUT2D eigenvalue weighted by atomic mass is 9.91. The Morgan fingerprint density at radius 3 is 2.46 bits per heavy atom. The van der Waals surface area contributed by atoms with E-state index in [1.165, 1.54) is 0 Å². The number of aliphatic carboxylic acids is 1. The van der Waals surface area contributed by atoms with E-state index in [0.29, 0.717) is 5.92 Å². The first kappa shape index (κ1) is 12.4. The maximum Gasteiger partial charge on any atom is 0.303 e. The summed E-state index contributed by atoms with van der Waals surface area (Å²) in [4.78, 5) is 10.4. The minimum atomic E-state index is -0.817. The first-order chi connectivity index (χ1) is 6.10. The average molecular weight is 188 g/mol. The van der Waals surface area contributed by atoms with Gasteiger partial charge >= 0.3 is 5.97 Å². The Morgan fingerprint density at radius 1 is 1.46 bits per heavy atom. The van der Waals surface area contributed by atoms with Crippen LogP contribution in [-0.4, -0.2) is 22.8 Å². The third-order valence-electron chi connectivity index (χ3n) is 2.24. The smallest absolute Gasteiger partial charge is 0.303 e. The van der Waals surface area contributed by atoms with Gasteiger partial charge in [-0.25, -0.2) is 0 Å². The molecule has 0 heterocycles. The van der Waals surface area contributed by atoms with Gasteiger partial charge in [-0.05, 0) is 18.3 Å². The third kappa shape index (κ3) is 6.58. The minimum absolute atomic E-state index is 0.0135. The minimum Gasteiger partial charge on any atom is -0.481 e. The van der Waals surface area contributed by atoms with Crippen molar-refractivity contribution in [3.8, 4) is 0 Å². The summed E-state index contributed by atoms with van der Waals surface area (Å²) in [5.74, 6) is -0.372. The Hall–Kier alpha value is -0.570. The lowest BCUT2D eigenvalue weighted by molar-refractivity contribution is -0.138. The number of rotatable bonds is 7. The molecule has 0 amide bonds. The van der Waals surface area contributed by atoms with Crippen LogP contribution in [0.3, 0.4) is 0 Å². The van der Waals surface area contributed by atoms with Gasteiger partial charge in [-0.1, -0.05) is 26.7 Å². The van der Waals surface area contributed by atoms with Gasteiger partial charge in [-0.15, -0.1) is 0 Å². The van der Waals surface area contributed by atoms with Crippen LogP contribution in [0.5, 0.6) is 0 Å². The highest BCUT2D eigenvalue weighted by Gasteiger charge is 2.15. The molecule has 0 aliphatic heterocycles. The average Bonchev–Trinajstić information content (AvgIpc) is 2.02. The Bertz CT molecular complexity index is 145. The van der Waals surface area contributed by atoms with E-state index in [1.807, 2.05) is 0 Å². The normalized spacial score (nSPS) is 15.3. The van der Waals surface area contributed by atoms with Crippen molar-refractivity contribution in [2.75, 3.05) is 6.61 Å². The zero-order chi connectivity index (χ0) is 10.3. The number of aliphatic hydroxyl groups excluding tert-OH is 1. The molecule has 0 fully saturated rings. The summed E-state index contributed by atoms with van der Waals surface area (Å²) in [6.45, 7) is 4.20. The van der Waals surface area contributed by atoms with Gasteiger partial charge < -0.3 is 10.2 Å². The molecule has 0 aromatic carbocycles. The molecule has 0 saturated carbocycles. The van der Waals surface area contributed by atoms with Gasteiger partial charge in [0.15, 0.2) is 0 Å². The van der Waals surface area contributed by atoms with Crippen LogP contribution in [0.15, 0.2) is 0 Å². The third-order valence-corrected chi connectivity index (χ3v) is 2.24. The molecule has 0 spiro atoms. The second kappa shape index (κ2) is 6.89. The van der Waals surface area contributed by atoms with E-state index >= 15 is 0 Å². The molecule has 0 aromatic rings. The van der Waals surface area contributed by atoms with Gasteiger partial charge in [-0.2, -0.15) is 0 Å². The fraction of sp³-hybridized carbons (Fsp3) is 0.900. The summed E-state index contributed by atoms with van der Waals surface area (Å²) in [7, 11) is 0. The molecule has 2 N–H and O–H groups in total. The fourth-order valence-corrected chi connectivity index (χ4v) is 1.65. The van der Waals surface area contributed by atoms with Crippen molar-refractivity contribution in [3.05, 3.63) is 0 Å². The number of hydrogen-bond donors (Lipinski definition) is 2. The van der Waals surface area contributed by atoms with Crippen LogP contribution >= 0.6 is 0 Å². The number of aliphatic hydroxyl groups is 1. The van der Waals surface area contributed by atoms with Crippen molar-refractivity contribution in [3.63, 3.8) is 0 Å². The van der Waals surface area contributed by atoms with E-state index in [-0.39, 0.29) is 18.9 Å². The molecule has 2 unspecified atom stereocenters. The first-order valence-corrected chi connectivity index (χ1v) is 4.92. The van der Waals surface area contributed by atoms with Gasteiger partial charge in [0.2, 0.25) is 0 Å². The van der Waals surface area contributed by atoms with E-state index in [1.54, 1.807) is 0 Å². The Morgan fingerprint density at radius 2 is 2.08 bits per heavy atom. The molecule has 0 rings (SSSR count). The highest BCUT2D eigenvalue weighted by Crippen LogP contribution is 2.19. The van der Waals surface area contributed by atoms with Crippen LogP contribution in [0.1, 0.15) is 39.5 Å². The maximum atomic E-state index is 10.4. The molecule has 13 heavy (non-hydrogen) atoms. The molecule has 0 radical (unpaired) electrons. The monoisotopic (exact) mass is 188 g/mol. The number of carboxylic acid groups (broad SMARTS) is 1. The Labute approximate surface area is 79.8 Å². The summed E-state index contributed by atoms with van der Waals surface area (Å²) >= 11 is 0. The topological polar surface area (TPSA) is 57.5 Å². The number of carbonyl (C=O) groups is 1. The highest BCUT2D eigenvalue weighted by molar-refractivity contribution is 5.67. The van der Waals surface area contributed by atoms with E-state index in [9.17, 15) is 4.79 Å². The molecule has 3 heteroatoms. The molecule has 0 saturated heterocycles. The lowest BCUT2D eigenvalue weighted by Crippen LogP contribution is -2.15. The van der Waals surface area contributed by atoms with Crippen LogP contribution in [-0.2, 0) is 4.79 Å². The zero-order valence-electron chi connectivity index (χ0n) is 8.49. The molecular weight excluding hydrogens is 168 g/mol. The number of carboxylic acids is 1. The summed E-state index contributed by atoms with van der Waals surface area (Å²) < 4.78 is 0. The summed E-state index contributed by atoms with van der Waals surface area (Å²) in [5.41, 5.74) is 0. The van der Waals surface area contributed by atoms with E-state index in [0.717, 1.165) is 19.3 Å². The Kier molecular flexibility index (Phi) is 6.59. The molecule has 3 nitrogen and oxygen atoms in total. The standard InChI is InChI=1S/C10H20O3/c1-3-4-8(2)5-9(7-11)6-10(12)13/h8-9,11H,3-7H2,1-2H3,(H,12,13). The second-order valence-electron chi connectivity index (χ2n) is 3.78. The molecular formula is C10H20O3. The quantitative estimate of drug-likeness (QED) is 0.641. The number of hydrogen-bond acceptors (Lipinski definition) is 2. The molecule has 78 valence electrons. The lowest BCUT2D eigenvalue weighted by Gasteiger charge is -2.16. The van der Waals surface area contributed by atoms with Gasteiger partial charge in [0.1, 0.15) is 0 Å². The van der Waals surface area contributed by atoms with Crippen molar-refractivity contribution in [2.45, 2.75) is 39.5 Å². The highest BCUT2D eigenvalue weighted by atomic mass is 16.4. The first-order valence-electron chi connectivity index (χ1n) is 4.92. The van der Waals surface area contributed by atoms with E-state index < -0.39 is 5.97 Å². The van der Waals surface area contributed by atoms with Gasteiger partial charge in [0.25, 0.3) is 0 Å². The zero-order valence-corrected chi connectivity index (χ0v) is 8.49. The largest absolute Gasteiger partial charge is 0.481 e. The fourth-order valence-electron chi connectivity index (χ4n) is 1.65. The van der Waals surface area contributed by atoms with Crippen LogP contribution < -0.4 is 0 Å². The summed E-state index contributed by atoms with van der Waals surface area (Å²) in [5, 5.41) is 17.5. The molecule has 0 bridgehead atoms. The summed E-state index contributed by atoms with van der Waals surface area (Å²) in [6, 6.07) is 0. The van der Waals surface area contributed by atoms with E-state index in [4.69, 9.17) is 10.2 Å². The molecule has 0 aliphatic rings. The predicted molar refractivity (Wildman–Crippen MR) is 51.5 cm³/mol. The van der Waals surface area contributed by atoms with Crippen molar-refractivity contribution >= 4 is 5.97 Å². The predicted octanol–water partition coefficient (Wildman–Crippen LogP) is 1.90. The van der Waals surface area contributed by atoms with Crippen LogP contribution in [0, 0.1) is 11.8 Å². The van der Waals surface area contributed by atoms with Crippen LogP contribution in [0.2, 0.25) is 0 Å². The maximum absolute atomic E-state index is 10.4. The van der Waals surface area contributed by atoms with Crippen LogP contribution in [0.25, 0.3) is 0 Å². The molecule has 0 aromatic heterocycles. The SMILES string of the molecule is CCCC(C)CC(CO)CC(=O)O. The van der Waals surface area contributed by atoms with Crippen molar-refractivity contribution in [1.29, 1.82) is 0 Å². The molecule has 0 aliphatic carbocycles. The van der Waals surface area contributed by atoms with Crippen molar-refractivity contribution in [1.82, 2.24) is 0 Å². The van der Waals surface area contributed by atoms with Gasteiger partial charge in [-0.3, -0.25) is 4.79 Å². The van der Waals surface area contributed by atoms with E-state index in [2.05, 4.69) is 13.8 Å².